The van der Waals surface area contributed by atoms with Gasteiger partial charge in [-0.1, -0.05) is 6.08 Å². The Kier molecular flexibility index (Phi) is 4.49. The lowest BCUT2D eigenvalue weighted by molar-refractivity contribution is -0.147. The fraction of sp³-hybridized carbons (Fsp3) is 0.636. The Bertz CT molecular complexity index is 266. The van der Waals surface area contributed by atoms with Gasteiger partial charge in [0.05, 0.1) is 13.2 Å². The van der Waals surface area contributed by atoms with Crippen LogP contribution in [0.4, 0.5) is 0 Å². The lowest BCUT2D eigenvalue weighted by Crippen LogP contribution is -2.20. The molecular weight excluding hydrogens is 210 g/mol. The molecule has 2 atom stereocenters. The maximum absolute atomic E-state index is 11.5. The van der Waals surface area contributed by atoms with Gasteiger partial charge >= 0.3 is 11.9 Å². The van der Waals surface area contributed by atoms with E-state index in [1.807, 2.05) is 0 Å². The van der Waals surface area contributed by atoms with Crippen molar-refractivity contribution in [1.82, 2.24) is 4.90 Å². The molecule has 1 heterocycles. The molecule has 90 valence electrons. The largest absolute Gasteiger partial charge is 0.465 e. The normalized spacial score (nSPS) is 27.0. The minimum atomic E-state index is -0.503. The van der Waals surface area contributed by atoms with E-state index in [1.165, 1.54) is 0 Å². The zero-order valence-corrected chi connectivity index (χ0v) is 9.64. The SMILES string of the molecule is C=CCN1[C@H](C(=O)OCC)[C@H]1C(=O)OCC. The van der Waals surface area contributed by atoms with Crippen molar-refractivity contribution in [2.45, 2.75) is 25.9 Å². The molecule has 0 amide bonds. The van der Waals surface area contributed by atoms with Gasteiger partial charge in [-0.3, -0.25) is 14.5 Å². The molecule has 0 radical (unpaired) electrons. The first-order valence-corrected chi connectivity index (χ1v) is 5.37. The fourth-order valence-electron chi connectivity index (χ4n) is 1.64. The van der Waals surface area contributed by atoms with Crippen molar-refractivity contribution in [2.24, 2.45) is 0 Å². The van der Waals surface area contributed by atoms with E-state index < -0.39 is 12.1 Å². The summed E-state index contributed by atoms with van der Waals surface area (Å²) < 4.78 is 9.76. The van der Waals surface area contributed by atoms with Gasteiger partial charge in [-0.05, 0) is 13.8 Å². The average molecular weight is 227 g/mol. The molecule has 5 nitrogen and oxygen atoms in total. The minimum Gasteiger partial charge on any atom is -0.465 e. The van der Waals surface area contributed by atoms with Crippen LogP contribution in [-0.2, 0) is 19.1 Å². The first kappa shape index (κ1) is 12.7. The van der Waals surface area contributed by atoms with E-state index in [-0.39, 0.29) is 11.9 Å². The van der Waals surface area contributed by atoms with Crippen molar-refractivity contribution in [3.63, 3.8) is 0 Å². The van der Waals surface area contributed by atoms with E-state index in [2.05, 4.69) is 6.58 Å². The Morgan fingerprint density at radius 2 is 1.62 bits per heavy atom. The van der Waals surface area contributed by atoms with Gasteiger partial charge in [0.25, 0.3) is 0 Å². The van der Waals surface area contributed by atoms with Crippen LogP contribution in [-0.4, -0.2) is 48.7 Å². The number of esters is 2. The Hall–Kier alpha value is -1.36. The van der Waals surface area contributed by atoms with Crippen molar-refractivity contribution in [2.75, 3.05) is 19.8 Å². The number of hydrogen-bond acceptors (Lipinski definition) is 5. The molecular formula is C11H17NO4. The molecule has 1 aliphatic rings. The molecule has 0 aromatic heterocycles. The molecule has 0 saturated carbocycles. The molecule has 0 unspecified atom stereocenters. The Labute approximate surface area is 95.0 Å². The van der Waals surface area contributed by atoms with Crippen molar-refractivity contribution in [1.29, 1.82) is 0 Å². The van der Waals surface area contributed by atoms with Crippen LogP contribution < -0.4 is 0 Å². The van der Waals surface area contributed by atoms with Gasteiger partial charge in [-0.2, -0.15) is 0 Å². The summed E-state index contributed by atoms with van der Waals surface area (Å²) in [6, 6.07) is -1.01. The van der Waals surface area contributed by atoms with Crippen LogP contribution in [0, 0.1) is 0 Å². The molecule has 0 aromatic carbocycles. The fourth-order valence-corrected chi connectivity index (χ4v) is 1.64. The zero-order chi connectivity index (χ0) is 12.1. The number of rotatable bonds is 6. The maximum Gasteiger partial charge on any atom is 0.325 e. The number of ether oxygens (including phenoxy) is 2. The summed E-state index contributed by atoms with van der Waals surface area (Å²) in [5.41, 5.74) is 0. The van der Waals surface area contributed by atoms with Crippen molar-refractivity contribution < 1.29 is 19.1 Å². The maximum atomic E-state index is 11.5. The van der Waals surface area contributed by atoms with E-state index in [1.54, 1.807) is 24.8 Å². The highest BCUT2D eigenvalue weighted by Crippen LogP contribution is 2.30. The molecule has 0 N–H and O–H groups in total. The number of carbonyl (C=O) groups is 2. The van der Waals surface area contributed by atoms with E-state index in [0.29, 0.717) is 19.8 Å². The lowest BCUT2D eigenvalue weighted by Gasteiger charge is -1.99. The van der Waals surface area contributed by atoms with E-state index in [0.717, 1.165) is 0 Å². The second kappa shape index (κ2) is 5.65. The summed E-state index contributed by atoms with van der Waals surface area (Å²) in [6.45, 7) is 8.15. The van der Waals surface area contributed by atoms with Gasteiger partial charge in [0, 0.05) is 6.54 Å². The van der Waals surface area contributed by atoms with Gasteiger partial charge in [-0.25, -0.2) is 0 Å². The van der Waals surface area contributed by atoms with Crippen LogP contribution in [0.15, 0.2) is 12.7 Å². The van der Waals surface area contributed by atoms with Crippen LogP contribution in [0.5, 0.6) is 0 Å². The molecule has 16 heavy (non-hydrogen) atoms. The highest BCUT2D eigenvalue weighted by Gasteiger charge is 2.58. The first-order chi connectivity index (χ1) is 7.67. The third-order valence-corrected chi connectivity index (χ3v) is 2.32. The van der Waals surface area contributed by atoms with E-state index >= 15 is 0 Å². The third-order valence-electron chi connectivity index (χ3n) is 2.32. The highest BCUT2D eigenvalue weighted by molar-refractivity contribution is 5.92. The number of nitrogens with zero attached hydrogens (tertiary/aromatic N) is 1. The standard InChI is InChI=1S/C11H17NO4/c1-4-7-12-8(10(13)15-5-2)9(12)11(14)16-6-3/h4,8-9H,1,5-7H2,2-3H3/t8-,9-/m0/s1. The molecule has 5 heteroatoms. The molecule has 1 fully saturated rings. The van der Waals surface area contributed by atoms with Crippen LogP contribution in [0.25, 0.3) is 0 Å². The lowest BCUT2D eigenvalue weighted by atomic mass is 10.3. The summed E-state index contributed by atoms with van der Waals surface area (Å²) in [5.74, 6) is -0.746. The predicted molar refractivity (Wildman–Crippen MR) is 57.7 cm³/mol. The molecule has 0 aromatic rings. The quantitative estimate of drug-likeness (QED) is 0.372. The number of hydrogen-bond donors (Lipinski definition) is 0. The Balaban J connectivity index is 2.58. The summed E-state index contributed by atoms with van der Waals surface area (Å²) >= 11 is 0. The van der Waals surface area contributed by atoms with Crippen LogP contribution in [0.3, 0.4) is 0 Å². The number of carbonyl (C=O) groups excluding carboxylic acids is 2. The third kappa shape index (κ3) is 2.61. The van der Waals surface area contributed by atoms with Crippen molar-refractivity contribution in [3.05, 3.63) is 12.7 Å². The average Bonchev–Trinajstić information content (AvgIpc) is 2.93. The van der Waals surface area contributed by atoms with Gasteiger partial charge < -0.3 is 9.47 Å². The Morgan fingerprint density at radius 1 is 1.19 bits per heavy atom. The zero-order valence-electron chi connectivity index (χ0n) is 9.64. The van der Waals surface area contributed by atoms with Gasteiger partial charge in [0.15, 0.2) is 0 Å². The van der Waals surface area contributed by atoms with Crippen LogP contribution in [0.1, 0.15) is 13.8 Å². The second-order valence-corrected chi connectivity index (χ2v) is 3.38. The van der Waals surface area contributed by atoms with E-state index in [4.69, 9.17) is 9.47 Å². The second-order valence-electron chi connectivity index (χ2n) is 3.38. The topological polar surface area (TPSA) is 55.6 Å². The highest BCUT2D eigenvalue weighted by atomic mass is 16.5. The monoisotopic (exact) mass is 227 g/mol. The Morgan fingerprint density at radius 3 is 1.94 bits per heavy atom. The van der Waals surface area contributed by atoms with Gasteiger partial charge in [-0.15, -0.1) is 6.58 Å². The smallest absolute Gasteiger partial charge is 0.325 e. The molecule has 0 spiro atoms. The first-order valence-electron chi connectivity index (χ1n) is 5.37. The van der Waals surface area contributed by atoms with Crippen molar-refractivity contribution in [3.8, 4) is 0 Å². The van der Waals surface area contributed by atoms with E-state index in [9.17, 15) is 9.59 Å². The van der Waals surface area contributed by atoms with Gasteiger partial charge in [0.1, 0.15) is 12.1 Å². The minimum absolute atomic E-state index is 0.312. The summed E-state index contributed by atoms with van der Waals surface area (Å²) in [6.07, 6.45) is 1.64. The predicted octanol–water partition coefficient (Wildman–Crippen LogP) is 0.351. The molecule has 1 saturated heterocycles. The summed E-state index contributed by atoms with van der Waals surface area (Å²) in [5, 5.41) is 0. The van der Waals surface area contributed by atoms with Crippen LogP contribution in [0.2, 0.25) is 0 Å². The van der Waals surface area contributed by atoms with Crippen LogP contribution >= 0.6 is 0 Å². The molecule has 1 rings (SSSR count). The summed E-state index contributed by atoms with van der Waals surface area (Å²) in [7, 11) is 0. The molecule has 1 aliphatic heterocycles. The van der Waals surface area contributed by atoms with Crippen molar-refractivity contribution >= 4 is 11.9 Å². The molecule has 0 aliphatic carbocycles. The van der Waals surface area contributed by atoms with Gasteiger partial charge in [0.2, 0.25) is 0 Å². The molecule has 0 bridgehead atoms. The summed E-state index contributed by atoms with van der Waals surface area (Å²) in [4.78, 5) is 24.7.